The summed E-state index contributed by atoms with van der Waals surface area (Å²) in [5.74, 6) is -3.37. The van der Waals surface area contributed by atoms with E-state index in [0.29, 0.717) is 5.56 Å². The molecule has 0 spiro atoms. The smallest absolute Gasteiger partial charge is 0.289 e. The van der Waals surface area contributed by atoms with Gasteiger partial charge in [0.2, 0.25) is 0 Å². The second kappa shape index (κ2) is 4.43. The Hall–Kier alpha value is -0.710. The second-order valence-corrected chi connectivity index (χ2v) is 3.77. The van der Waals surface area contributed by atoms with E-state index in [-0.39, 0.29) is 10.6 Å². The Morgan fingerprint density at radius 1 is 1.53 bits per heavy atom. The van der Waals surface area contributed by atoms with E-state index in [4.69, 9.17) is 22.4 Å². The Kier molecular flexibility index (Phi) is 3.65. The fourth-order valence-corrected chi connectivity index (χ4v) is 1.69. The summed E-state index contributed by atoms with van der Waals surface area (Å²) < 4.78 is 26.3. The van der Waals surface area contributed by atoms with Crippen molar-refractivity contribution in [1.29, 1.82) is 0 Å². The van der Waals surface area contributed by atoms with E-state index in [1.54, 1.807) is 19.1 Å². The standard InChI is InChI=1S/C10H12ClF2NO/c1-6-3-2-4-7(11)8(6)9(14)10(12,13)5-15/h2-4,9,15H,5,14H2,1H3/t9-/m0/s1. The molecule has 0 saturated heterocycles. The molecule has 0 unspecified atom stereocenters. The number of rotatable bonds is 3. The van der Waals surface area contributed by atoms with Crippen molar-refractivity contribution in [1.82, 2.24) is 0 Å². The van der Waals surface area contributed by atoms with Gasteiger partial charge < -0.3 is 10.8 Å². The molecular formula is C10H12ClF2NO. The molecule has 1 atom stereocenters. The van der Waals surface area contributed by atoms with Crippen LogP contribution in [0.5, 0.6) is 0 Å². The highest BCUT2D eigenvalue weighted by Crippen LogP contribution is 2.34. The number of alkyl halides is 2. The molecule has 15 heavy (non-hydrogen) atoms. The first kappa shape index (κ1) is 12.4. The van der Waals surface area contributed by atoms with Crippen molar-refractivity contribution in [3.05, 3.63) is 34.3 Å². The summed E-state index contributed by atoms with van der Waals surface area (Å²) in [6.45, 7) is 0.355. The summed E-state index contributed by atoms with van der Waals surface area (Å²) in [5.41, 5.74) is 6.16. The molecule has 1 aromatic rings. The van der Waals surface area contributed by atoms with Gasteiger partial charge in [-0.3, -0.25) is 0 Å². The van der Waals surface area contributed by atoms with Gasteiger partial charge in [-0.05, 0) is 24.1 Å². The molecule has 0 aliphatic rings. The average molecular weight is 236 g/mol. The lowest BCUT2D eigenvalue weighted by Gasteiger charge is -2.24. The van der Waals surface area contributed by atoms with Crippen LogP contribution in [0, 0.1) is 6.92 Å². The quantitative estimate of drug-likeness (QED) is 0.844. The van der Waals surface area contributed by atoms with E-state index < -0.39 is 18.6 Å². The number of aliphatic hydroxyl groups excluding tert-OH is 1. The predicted octanol–water partition coefficient (Wildman–Crippen LogP) is 2.28. The Balaban J connectivity index is 3.16. The van der Waals surface area contributed by atoms with Crippen LogP contribution in [0.2, 0.25) is 5.02 Å². The highest BCUT2D eigenvalue weighted by molar-refractivity contribution is 6.31. The molecule has 0 fully saturated rings. The first-order chi connectivity index (χ1) is 6.90. The minimum absolute atomic E-state index is 0.179. The predicted molar refractivity (Wildman–Crippen MR) is 55.2 cm³/mol. The summed E-state index contributed by atoms with van der Waals surface area (Å²) in [7, 11) is 0. The molecule has 1 aromatic carbocycles. The van der Waals surface area contributed by atoms with Gasteiger partial charge in [-0.1, -0.05) is 23.7 Å². The largest absolute Gasteiger partial charge is 0.390 e. The maximum atomic E-state index is 13.2. The van der Waals surface area contributed by atoms with Crippen LogP contribution in [-0.2, 0) is 0 Å². The number of aliphatic hydroxyl groups is 1. The zero-order chi connectivity index (χ0) is 11.6. The van der Waals surface area contributed by atoms with Gasteiger partial charge in [0, 0.05) is 5.02 Å². The highest BCUT2D eigenvalue weighted by atomic mass is 35.5. The number of halogens is 3. The van der Waals surface area contributed by atoms with Gasteiger partial charge in [-0.2, -0.15) is 0 Å². The van der Waals surface area contributed by atoms with Crippen LogP contribution in [0.3, 0.4) is 0 Å². The molecule has 1 rings (SSSR count). The van der Waals surface area contributed by atoms with Crippen LogP contribution < -0.4 is 5.73 Å². The summed E-state index contributed by atoms with van der Waals surface area (Å²) in [5, 5.41) is 8.72. The number of aryl methyl sites for hydroxylation is 1. The van der Waals surface area contributed by atoms with Gasteiger partial charge in [0.05, 0.1) is 6.04 Å². The summed E-state index contributed by atoms with van der Waals surface area (Å²) >= 11 is 5.79. The minimum atomic E-state index is -3.37. The van der Waals surface area contributed by atoms with E-state index in [1.807, 2.05) is 0 Å². The first-order valence-electron chi connectivity index (χ1n) is 4.39. The zero-order valence-corrected chi connectivity index (χ0v) is 8.93. The summed E-state index contributed by atoms with van der Waals surface area (Å²) in [4.78, 5) is 0. The van der Waals surface area contributed by atoms with Crippen molar-refractivity contribution >= 4 is 11.6 Å². The molecule has 0 aromatic heterocycles. The number of benzene rings is 1. The van der Waals surface area contributed by atoms with Crippen molar-refractivity contribution in [3.8, 4) is 0 Å². The van der Waals surface area contributed by atoms with Crippen LogP contribution in [0.25, 0.3) is 0 Å². The third-order valence-corrected chi connectivity index (χ3v) is 2.58. The molecule has 5 heteroatoms. The fourth-order valence-electron chi connectivity index (χ4n) is 1.35. The van der Waals surface area contributed by atoms with E-state index in [1.165, 1.54) is 6.07 Å². The number of hydrogen-bond donors (Lipinski definition) is 2. The van der Waals surface area contributed by atoms with Crippen LogP contribution in [0.4, 0.5) is 8.78 Å². The van der Waals surface area contributed by atoms with Gasteiger partial charge in [-0.15, -0.1) is 0 Å². The topological polar surface area (TPSA) is 46.2 Å². The molecule has 0 aliphatic heterocycles. The van der Waals surface area contributed by atoms with Crippen LogP contribution in [-0.4, -0.2) is 17.6 Å². The lowest BCUT2D eigenvalue weighted by atomic mass is 9.97. The summed E-state index contributed by atoms with van der Waals surface area (Å²) in [6.07, 6.45) is 0. The second-order valence-electron chi connectivity index (χ2n) is 3.37. The average Bonchev–Trinajstić information content (AvgIpc) is 2.17. The zero-order valence-electron chi connectivity index (χ0n) is 8.17. The summed E-state index contributed by atoms with van der Waals surface area (Å²) in [6, 6.07) is 3.22. The Bertz CT molecular complexity index is 337. The lowest BCUT2D eigenvalue weighted by molar-refractivity contribution is -0.0712. The molecule has 0 bridgehead atoms. The first-order valence-corrected chi connectivity index (χ1v) is 4.77. The van der Waals surface area contributed by atoms with Crippen molar-refractivity contribution in [3.63, 3.8) is 0 Å². The van der Waals surface area contributed by atoms with Gasteiger partial charge >= 0.3 is 0 Å². The van der Waals surface area contributed by atoms with Gasteiger partial charge in [0.15, 0.2) is 0 Å². The molecule has 0 saturated carbocycles. The van der Waals surface area contributed by atoms with Gasteiger partial charge in [-0.25, -0.2) is 8.78 Å². The molecule has 84 valence electrons. The maximum absolute atomic E-state index is 13.2. The van der Waals surface area contributed by atoms with Gasteiger partial charge in [0.1, 0.15) is 6.61 Å². The lowest BCUT2D eigenvalue weighted by Crippen LogP contribution is -2.36. The van der Waals surface area contributed by atoms with Crippen LogP contribution >= 0.6 is 11.6 Å². The minimum Gasteiger partial charge on any atom is -0.390 e. The number of nitrogens with two attached hydrogens (primary N) is 1. The van der Waals surface area contributed by atoms with Crippen molar-refractivity contribution in [2.45, 2.75) is 18.9 Å². The third-order valence-electron chi connectivity index (χ3n) is 2.25. The molecule has 0 amide bonds. The fraction of sp³-hybridized carbons (Fsp3) is 0.400. The van der Waals surface area contributed by atoms with Crippen molar-refractivity contribution in [2.75, 3.05) is 6.61 Å². The maximum Gasteiger partial charge on any atom is 0.289 e. The third kappa shape index (κ3) is 2.45. The van der Waals surface area contributed by atoms with Crippen molar-refractivity contribution in [2.24, 2.45) is 5.73 Å². The van der Waals surface area contributed by atoms with Crippen LogP contribution in [0.15, 0.2) is 18.2 Å². The normalized spacial score (nSPS) is 14.0. The molecule has 0 heterocycles. The molecule has 0 radical (unpaired) electrons. The van der Waals surface area contributed by atoms with Crippen molar-refractivity contribution < 1.29 is 13.9 Å². The Labute approximate surface area is 91.7 Å². The molecule has 2 nitrogen and oxygen atoms in total. The molecule has 3 N–H and O–H groups in total. The monoisotopic (exact) mass is 235 g/mol. The van der Waals surface area contributed by atoms with E-state index in [2.05, 4.69) is 0 Å². The SMILES string of the molecule is Cc1cccc(Cl)c1[C@H](N)C(F)(F)CO. The van der Waals surface area contributed by atoms with Gasteiger partial charge in [0.25, 0.3) is 5.92 Å². The van der Waals surface area contributed by atoms with Crippen LogP contribution in [0.1, 0.15) is 17.2 Å². The number of hydrogen-bond acceptors (Lipinski definition) is 2. The molecular weight excluding hydrogens is 224 g/mol. The Morgan fingerprint density at radius 3 is 2.60 bits per heavy atom. The van der Waals surface area contributed by atoms with E-state index in [9.17, 15) is 8.78 Å². The molecule has 0 aliphatic carbocycles. The van der Waals surface area contributed by atoms with E-state index in [0.717, 1.165) is 0 Å². The van der Waals surface area contributed by atoms with E-state index >= 15 is 0 Å². The highest BCUT2D eigenvalue weighted by Gasteiger charge is 2.38. The Morgan fingerprint density at radius 2 is 2.13 bits per heavy atom.